The minimum Gasteiger partial charge on any atom is -0.319 e. The monoisotopic (exact) mass is 369 g/mol. The van der Waals surface area contributed by atoms with Crippen molar-refractivity contribution in [1.82, 2.24) is 14.6 Å². The number of halogens is 2. The fourth-order valence-corrected chi connectivity index (χ4v) is 4.19. The van der Waals surface area contributed by atoms with Crippen molar-refractivity contribution >= 4 is 38.4 Å². The van der Waals surface area contributed by atoms with Gasteiger partial charge in [-0.05, 0) is 47.9 Å². The molecule has 1 aliphatic rings. The largest absolute Gasteiger partial charge is 0.319 e. The van der Waals surface area contributed by atoms with Gasteiger partial charge in [-0.2, -0.15) is 4.31 Å². The number of nitrogens with zero attached hydrogens (tertiary/aromatic N) is 2. The van der Waals surface area contributed by atoms with E-state index in [4.69, 9.17) is 0 Å². The Labute approximate surface area is 128 Å². The lowest BCUT2D eigenvalue weighted by Crippen LogP contribution is -2.30. The Balaban J connectivity index is 0.00000180. The van der Waals surface area contributed by atoms with E-state index < -0.39 is 10.0 Å². The highest BCUT2D eigenvalue weighted by Crippen LogP contribution is 2.24. The molecule has 0 bridgehead atoms. The second kappa shape index (κ2) is 6.99. The molecule has 0 radical (unpaired) electrons. The fraction of sp³-hybridized carbons (Fsp3) is 0.545. The van der Waals surface area contributed by atoms with Crippen molar-refractivity contribution in [3.8, 4) is 0 Å². The zero-order valence-electron chi connectivity index (χ0n) is 10.5. The summed E-state index contributed by atoms with van der Waals surface area (Å²) in [6.07, 6.45) is 3.87. The number of nitrogens with one attached hydrogen (secondary N) is 1. The van der Waals surface area contributed by atoms with Crippen LogP contribution in [-0.4, -0.2) is 44.4 Å². The first-order valence-electron chi connectivity index (χ1n) is 5.79. The molecule has 1 aromatic heterocycles. The van der Waals surface area contributed by atoms with Crippen LogP contribution in [0.5, 0.6) is 0 Å². The van der Waals surface area contributed by atoms with E-state index in [1.807, 2.05) is 7.05 Å². The van der Waals surface area contributed by atoms with Gasteiger partial charge in [0.2, 0.25) is 10.0 Å². The smallest absolute Gasteiger partial charge is 0.244 e. The highest BCUT2D eigenvalue weighted by Gasteiger charge is 2.32. The Kier molecular flexibility index (Phi) is 6.19. The van der Waals surface area contributed by atoms with Gasteiger partial charge in [-0.15, -0.1) is 12.4 Å². The molecule has 108 valence electrons. The van der Waals surface area contributed by atoms with Crippen molar-refractivity contribution in [2.45, 2.75) is 11.3 Å². The van der Waals surface area contributed by atoms with Crippen LogP contribution in [0.2, 0.25) is 0 Å². The minimum atomic E-state index is -3.40. The van der Waals surface area contributed by atoms with Gasteiger partial charge >= 0.3 is 0 Å². The fourth-order valence-electron chi connectivity index (χ4n) is 2.15. The summed E-state index contributed by atoms with van der Waals surface area (Å²) >= 11 is 3.24. The molecule has 1 unspecified atom stereocenters. The van der Waals surface area contributed by atoms with Gasteiger partial charge in [0, 0.05) is 30.0 Å². The van der Waals surface area contributed by atoms with E-state index in [1.165, 1.54) is 6.20 Å². The van der Waals surface area contributed by atoms with Crippen LogP contribution in [0.4, 0.5) is 0 Å². The van der Waals surface area contributed by atoms with Crippen LogP contribution in [0.3, 0.4) is 0 Å². The predicted octanol–water partition coefficient (Wildman–Crippen LogP) is 1.50. The summed E-state index contributed by atoms with van der Waals surface area (Å²) in [5.74, 6) is 0.393. The van der Waals surface area contributed by atoms with Gasteiger partial charge in [-0.25, -0.2) is 8.42 Å². The van der Waals surface area contributed by atoms with Gasteiger partial charge in [0.05, 0.1) is 0 Å². The maximum atomic E-state index is 12.4. The van der Waals surface area contributed by atoms with Crippen LogP contribution in [0.1, 0.15) is 6.42 Å². The van der Waals surface area contributed by atoms with Gasteiger partial charge in [0.25, 0.3) is 0 Å². The average Bonchev–Trinajstić information content (AvgIpc) is 2.79. The molecular weight excluding hydrogens is 354 g/mol. The molecule has 5 nitrogen and oxygen atoms in total. The first-order chi connectivity index (χ1) is 8.54. The van der Waals surface area contributed by atoms with Gasteiger partial charge in [-0.3, -0.25) is 4.98 Å². The van der Waals surface area contributed by atoms with E-state index in [2.05, 4.69) is 26.2 Å². The summed E-state index contributed by atoms with van der Waals surface area (Å²) in [6.45, 7) is 2.01. The molecule has 0 saturated carbocycles. The first-order valence-corrected chi connectivity index (χ1v) is 8.02. The Morgan fingerprint density at radius 2 is 2.26 bits per heavy atom. The van der Waals surface area contributed by atoms with Crippen molar-refractivity contribution in [2.75, 3.05) is 26.7 Å². The molecule has 2 heterocycles. The van der Waals surface area contributed by atoms with Crippen molar-refractivity contribution in [1.29, 1.82) is 0 Å². The van der Waals surface area contributed by atoms with Crippen LogP contribution < -0.4 is 5.32 Å². The van der Waals surface area contributed by atoms with Crippen molar-refractivity contribution in [3.05, 3.63) is 22.9 Å². The van der Waals surface area contributed by atoms with Crippen LogP contribution in [0.25, 0.3) is 0 Å². The van der Waals surface area contributed by atoms with Crippen LogP contribution in [0.15, 0.2) is 27.8 Å². The van der Waals surface area contributed by atoms with Crippen molar-refractivity contribution < 1.29 is 8.42 Å². The molecule has 1 fully saturated rings. The Morgan fingerprint density at radius 3 is 2.89 bits per heavy atom. The second-order valence-corrected chi connectivity index (χ2v) is 7.27. The third-order valence-electron chi connectivity index (χ3n) is 3.06. The minimum absolute atomic E-state index is 0. The molecule has 1 saturated heterocycles. The molecule has 8 heteroatoms. The van der Waals surface area contributed by atoms with E-state index in [0.717, 1.165) is 13.0 Å². The molecule has 1 aliphatic heterocycles. The van der Waals surface area contributed by atoms with Gasteiger partial charge in [0.1, 0.15) is 4.90 Å². The lowest BCUT2D eigenvalue weighted by atomic mass is 10.1. The second-order valence-electron chi connectivity index (χ2n) is 4.41. The number of sulfonamides is 1. The molecule has 1 aromatic rings. The number of rotatable bonds is 4. The van der Waals surface area contributed by atoms with Crippen molar-refractivity contribution in [2.24, 2.45) is 5.92 Å². The van der Waals surface area contributed by atoms with E-state index in [1.54, 1.807) is 16.6 Å². The summed E-state index contributed by atoms with van der Waals surface area (Å²) < 4.78 is 27.0. The zero-order valence-corrected chi connectivity index (χ0v) is 13.8. The van der Waals surface area contributed by atoms with Gasteiger partial charge in [-0.1, -0.05) is 0 Å². The molecule has 1 atom stereocenters. The molecular formula is C11H17BrClN3O2S. The Hall–Kier alpha value is -0.210. The molecule has 0 aliphatic carbocycles. The number of hydrogen-bond acceptors (Lipinski definition) is 4. The van der Waals surface area contributed by atoms with Crippen LogP contribution in [-0.2, 0) is 10.0 Å². The average molecular weight is 371 g/mol. The predicted molar refractivity (Wildman–Crippen MR) is 80.0 cm³/mol. The molecule has 1 N–H and O–H groups in total. The number of pyridine rings is 1. The standard InChI is InChI=1S/C11H16BrN3O2S.ClH/c1-13-5-9-2-3-15(8-9)18(16,17)11-4-10(12)6-14-7-11;/h4,6-7,9,13H,2-3,5,8H2,1H3;1H. The van der Waals surface area contributed by atoms with Gasteiger partial charge in [0.15, 0.2) is 0 Å². The molecule has 0 spiro atoms. The number of aromatic nitrogens is 1. The summed E-state index contributed by atoms with van der Waals surface area (Å²) in [6, 6.07) is 1.59. The number of hydrogen-bond donors (Lipinski definition) is 1. The highest BCUT2D eigenvalue weighted by atomic mass is 79.9. The summed E-state index contributed by atoms with van der Waals surface area (Å²) in [4.78, 5) is 4.16. The Morgan fingerprint density at radius 1 is 1.53 bits per heavy atom. The first kappa shape index (κ1) is 16.8. The van der Waals surface area contributed by atoms with Crippen LogP contribution >= 0.6 is 28.3 Å². The lowest BCUT2D eigenvalue weighted by molar-refractivity contribution is 0.451. The van der Waals surface area contributed by atoms with E-state index >= 15 is 0 Å². The summed E-state index contributed by atoms with van der Waals surface area (Å²) in [5, 5.41) is 3.09. The van der Waals surface area contributed by atoms with Crippen molar-refractivity contribution in [3.63, 3.8) is 0 Å². The maximum absolute atomic E-state index is 12.4. The van der Waals surface area contributed by atoms with E-state index in [0.29, 0.717) is 23.5 Å². The van der Waals surface area contributed by atoms with Gasteiger partial charge < -0.3 is 5.32 Å². The summed E-state index contributed by atoms with van der Waals surface area (Å²) in [5.41, 5.74) is 0. The molecule has 0 aromatic carbocycles. The maximum Gasteiger partial charge on any atom is 0.244 e. The Bertz CT molecular complexity index is 526. The topological polar surface area (TPSA) is 62.3 Å². The molecule has 19 heavy (non-hydrogen) atoms. The third kappa shape index (κ3) is 3.88. The lowest BCUT2D eigenvalue weighted by Gasteiger charge is -2.16. The summed E-state index contributed by atoms with van der Waals surface area (Å²) in [7, 11) is -1.52. The molecule has 2 rings (SSSR count). The van der Waals surface area contributed by atoms with E-state index in [9.17, 15) is 8.42 Å². The SMILES string of the molecule is CNCC1CCN(S(=O)(=O)c2cncc(Br)c2)C1.Cl. The van der Waals surface area contributed by atoms with E-state index in [-0.39, 0.29) is 17.3 Å². The quantitative estimate of drug-likeness (QED) is 0.872. The zero-order chi connectivity index (χ0) is 13.2. The van der Waals surface area contributed by atoms with Crippen LogP contribution in [0, 0.1) is 5.92 Å². The third-order valence-corrected chi connectivity index (χ3v) is 5.32. The normalized spacial score (nSPS) is 20.2. The highest BCUT2D eigenvalue weighted by molar-refractivity contribution is 9.10. The molecule has 0 amide bonds.